The number of carbonyl (C=O) groups excluding carboxylic acids is 1. The van der Waals surface area contributed by atoms with Crippen LogP contribution in [0.25, 0.3) is 0 Å². The Kier molecular flexibility index (Phi) is 7.71. The summed E-state index contributed by atoms with van der Waals surface area (Å²) in [6, 6.07) is 15.6. The molecular formula is C20H25N3O4S. The van der Waals surface area contributed by atoms with Crippen molar-refractivity contribution in [3.05, 3.63) is 60.2 Å². The number of amides is 1. The summed E-state index contributed by atoms with van der Waals surface area (Å²) in [6.45, 7) is 3.32. The predicted molar refractivity (Wildman–Crippen MR) is 109 cm³/mol. The Labute approximate surface area is 166 Å². The van der Waals surface area contributed by atoms with Crippen LogP contribution in [0, 0.1) is 0 Å². The zero-order chi connectivity index (χ0) is 20.6. The van der Waals surface area contributed by atoms with E-state index in [4.69, 9.17) is 4.74 Å². The Morgan fingerprint density at radius 3 is 2.29 bits per heavy atom. The van der Waals surface area contributed by atoms with Crippen molar-refractivity contribution in [2.75, 3.05) is 20.2 Å². The summed E-state index contributed by atoms with van der Waals surface area (Å²) in [5.74, 6) is 0.0617. The van der Waals surface area contributed by atoms with Crippen LogP contribution in [0.5, 0.6) is 5.75 Å². The molecule has 0 aliphatic carbocycles. The van der Waals surface area contributed by atoms with Crippen LogP contribution in [-0.2, 0) is 21.2 Å². The van der Waals surface area contributed by atoms with E-state index in [1.165, 1.54) is 19.2 Å². The molecule has 150 valence electrons. The van der Waals surface area contributed by atoms with Crippen LogP contribution in [0.15, 0.2) is 64.6 Å². The lowest BCUT2D eigenvalue weighted by Gasteiger charge is -2.21. The molecule has 28 heavy (non-hydrogen) atoms. The zero-order valence-corrected chi connectivity index (χ0v) is 17.1. The molecule has 2 rings (SSSR count). The molecule has 8 heteroatoms. The molecule has 0 fully saturated rings. The van der Waals surface area contributed by atoms with E-state index < -0.39 is 15.9 Å². The quantitative estimate of drug-likeness (QED) is 0.515. The van der Waals surface area contributed by atoms with Gasteiger partial charge in [0.05, 0.1) is 18.6 Å². The second kappa shape index (κ2) is 10.0. The Morgan fingerprint density at radius 2 is 1.71 bits per heavy atom. The monoisotopic (exact) mass is 403 g/mol. The van der Waals surface area contributed by atoms with Crippen molar-refractivity contribution in [2.45, 2.75) is 25.2 Å². The lowest BCUT2D eigenvalue weighted by atomic mass is 10.1. The van der Waals surface area contributed by atoms with Crippen molar-refractivity contribution in [1.82, 2.24) is 9.73 Å². The molecular weight excluding hydrogens is 378 g/mol. The van der Waals surface area contributed by atoms with Crippen molar-refractivity contribution < 1.29 is 17.9 Å². The van der Waals surface area contributed by atoms with Crippen molar-refractivity contribution in [1.29, 1.82) is 0 Å². The maximum atomic E-state index is 13.1. The number of rotatable bonds is 9. The molecule has 0 bridgehead atoms. The number of ether oxygens (including phenoxy) is 1. The average Bonchev–Trinajstić information content (AvgIpc) is 2.70. The van der Waals surface area contributed by atoms with Gasteiger partial charge < -0.3 is 4.74 Å². The van der Waals surface area contributed by atoms with Gasteiger partial charge in [-0.25, -0.2) is 13.8 Å². The third-order valence-electron chi connectivity index (χ3n) is 3.91. The van der Waals surface area contributed by atoms with Crippen LogP contribution in [0.4, 0.5) is 0 Å². The molecule has 0 unspecified atom stereocenters. The third kappa shape index (κ3) is 6.17. The van der Waals surface area contributed by atoms with Gasteiger partial charge in [0, 0.05) is 12.3 Å². The highest BCUT2D eigenvalue weighted by Gasteiger charge is 2.26. The molecule has 1 amide bonds. The molecule has 0 radical (unpaired) electrons. The number of hydrogen-bond donors (Lipinski definition) is 1. The lowest BCUT2D eigenvalue weighted by molar-refractivity contribution is -0.121. The van der Waals surface area contributed by atoms with Gasteiger partial charge >= 0.3 is 0 Å². The van der Waals surface area contributed by atoms with E-state index in [9.17, 15) is 13.2 Å². The number of nitrogens with one attached hydrogen (secondary N) is 1. The molecule has 0 aliphatic heterocycles. The smallest absolute Gasteiger partial charge is 0.255 e. The van der Waals surface area contributed by atoms with Gasteiger partial charge in [-0.1, -0.05) is 30.3 Å². The molecule has 2 aromatic carbocycles. The first-order valence-electron chi connectivity index (χ1n) is 8.81. The Hall–Kier alpha value is -2.71. The van der Waals surface area contributed by atoms with Crippen LogP contribution in [-0.4, -0.2) is 44.5 Å². The lowest BCUT2D eigenvalue weighted by Crippen LogP contribution is -2.40. The predicted octanol–water partition coefficient (Wildman–Crippen LogP) is 2.44. The molecule has 0 heterocycles. The molecule has 0 saturated carbocycles. The fourth-order valence-corrected chi connectivity index (χ4v) is 3.85. The summed E-state index contributed by atoms with van der Waals surface area (Å²) in [5, 5.41) is 3.85. The van der Waals surface area contributed by atoms with Crippen molar-refractivity contribution >= 4 is 21.6 Å². The van der Waals surface area contributed by atoms with E-state index in [0.717, 1.165) is 9.87 Å². The average molecular weight is 404 g/mol. The molecule has 7 nitrogen and oxygen atoms in total. The molecule has 0 spiro atoms. The van der Waals surface area contributed by atoms with E-state index in [1.807, 2.05) is 30.3 Å². The minimum absolute atomic E-state index is 0.101. The number of methoxy groups -OCH3 is 1. The number of nitrogens with zero attached hydrogens (tertiary/aromatic N) is 2. The maximum absolute atomic E-state index is 13.1. The van der Waals surface area contributed by atoms with Crippen LogP contribution < -0.4 is 10.2 Å². The summed E-state index contributed by atoms with van der Waals surface area (Å²) in [6.07, 6.45) is 0.486. The summed E-state index contributed by atoms with van der Waals surface area (Å²) in [7, 11) is -2.35. The highest BCUT2D eigenvalue weighted by Crippen LogP contribution is 2.20. The highest BCUT2D eigenvalue weighted by atomic mass is 32.2. The fraction of sp³-hybridized carbons (Fsp3) is 0.300. The third-order valence-corrected chi connectivity index (χ3v) is 5.77. The number of carbonyl (C=O) groups is 1. The van der Waals surface area contributed by atoms with E-state index in [-0.39, 0.29) is 18.0 Å². The van der Waals surface area contributed by atoms with Crippen LogP contribution >= 0.6 is 0 Å². The first-order chi connectivity index (χ1) is 13.3. The normalized spacial score (nSPS) is 11.1. The largest absolute Gasteiger partial charge is 0.497 e. The second-order valence-electron chi connectivity index (χ2n) is 6.34. The van der Waals surface area contributed by atoms with Gasteiger partial charge in [0.15, 0.2) is 0 Å². The van der Waals surface area contributed by atoms with Gasteiger partial charge in [0.2, 0.25) is 10.0 Å². The van der Waals surface area contributed by atoms with Crippen molar-refractivity contribution in [2.24, 2.45) is 5.10 Å². The maximum Gasteiger partial charge on any atom is 0.255 e. The van der Waals surface area contributed by atoms with E-state index in [2.05, 4.69) is 10.5 Å². The molecule has 0 aromatic heterocycles. The summed E-state index contributed by atoms with van der Waals surface area (Å²) in [4.78, 5) is 12.3. The second-order valence-corrected chi connectivity index (χ2v) is 8.28. The van der Waals surface area contributed by atoms with Crippen LogP contribution in [0.2, 0.25) is 0 Å². The van der Waals surface area contributed by atoms with Crippen LogP contribution in [0.3, 0.4) is 0 Å². The topological polar surface area (TPSA) is 88.1 Å². The van der Waals surface area contributed by atoms with Gasteiger partial charge in [0.1, 0.15) is 5.75 Å². The first-order valence-corrected chi connectivity index (χ1v) is 10.2. The Morgan fingerprint density at radius 1 is 1.07 bits per heavy atom. The standard InChI is InChI=1S/C20H25N3O4S/c1-16(2)21-22-20(24)15-23(14-13-17-7-5-4-6-8-17)28(25,26)19-11-9-18(27-3)10-12-19/h4-12H,13-15H2,1-3H3,(H,22,24). The Bertz CT molecular complexity index is 906. The van der Waals surface area contributed by atoms with Gasteiger partial charge in [-0.3, -0.25) is 4.79 Å². The minimum atomic E-state index is -3.86. The van der Waals surface area contributed by atoms with E-state index in [1.54, 1.807) is 26.0 Å². The van der Waals surface area contributed by atoms with Crippen LogP contribution in [0.1, 0.15) is 19.4 Å². The number of benzene rings is 2. The molecule has 0 atom stereocenters. The molecule has 1 N–H and O–H groups in total. The fourth-order valence-electron chi connectivity index (χ4n) is 2.45. The minimum Gasteiger partial charge on any atom is -0.497 e. The van der Waals surface area contributed by atoms with Gasteiger partial charge in [-0.05, 0) is 50.1 Å². The zero-order valence-electron chi connectivity index (χ0n) is 16.3. The van der Waals surface area contributed by atoms with Crippen molar-refractivity contribution in [3.8, 4) is 5.75 Å². The summed E-state index contributed by atoms with van der Waals surface area (Å²) >= 11 is 0. The van der Waals surface area contributed by atoms with E-state index >= 15 is 0 Å². The number of hydrazone groups is 1. The van der Waals surface area contributed by atoms with Gasteiger partial charge in [-0.2, -0.15) is 9.41 Å². The number of hydrogen-bond acceptors (Lipinski definition) is 5. The molecule has 0 aliphatic rings. The summed E-state index contributed by atoms with van der Waals surface area (Å²) in [5.41, 5.74) is 4.03. The van der Waals surface area contributed by atoms with Gasteiger partial charge in [-0.15, -0.1) is 0 Å². The number of sulfonamides is 1. The van der Waals surface area contributed by atoms with Crippen molar-refractivity contribution in [3.63, 3.8) is 0 Å². The Balaban J connectivity index is 2.23. The molecule has 0 saturated heterocycles. The molecule has 2 aromatic rings. The SMILES string of the molecule is COc1ccc(S(=O)(=O)N(CCc2ccccc2)CC(=O)NN=C(C)C)cc1. The van der Waals surface area contributed by atoms with Gasteiger partial charge in [0.25, 0.3) is 5.91 Å². The highest BCUT2D eigenvalue weighted by molar-refractivity contribution is 7.89. The first kappa shape index (κ1) is 21.6. The van der Waals surface area contributed by atoms with E-state index in [0.29, 0.717) is 17.9 Å². The summed E-state index contributed by atoms with van der Waals surface area (Å²) < 4.78 is 32.4.